The van der Waals surface area contributed by atoms with Crippen LogP contribution in [0.25, 0.3) is 0 Å². The summed E-state index contributed by atoms with van der Waals surface area (Å²) < 4.78 is 20.7. The van der Waals surface area contributed by atoms with Gasteiger partial charge < -0.3 is 9.84 Å². The van der Waals surface area contributed by atoms with Crippen molar-refractivity contribution in [3.8, 4) is 5.75 Å². The molecule has 0 aromatic heterocycles. The fraction of sp³-hybridized carbons (Fsp3) is 0.381. The van der Waals surface area contributed by atoms with Crippen LogP contribution in [0.1, 0.15) is 36.9 Å². The number of halogens is 2. The maximum Gasteiger partial charge on any atom is 0.307 e. The zero-order valence-corrected chi connectivity index (χ0v) is 16.8. The first-order valence-corrected chi connectivity index (χ1v) is 9.93. The molecule has 27 heavy (non-hydrogen) atoms. The average molecular weight is 436 g/mol. The molecule has 2 unspecified atom stereocenters. The Morgan fingerprint density at radius 2 is 2.19 bits per heavy atom. The van der Waals surface area contributed by atoms with Crippen LogP contribution in [0.4, 0.5) is 4.39 Å². The summed E-state index contributed by atoms with van der Waals surface area (Å²) in [7, 11) is 0. The number of carboxylic acid groups (broad SMARTS) is 1. The zero-order valence-electron chi connectivity index (χ0n) is 15.2. The predicted molar refractivity (Wildman–Crippen MR) is 105 cm³/mol. The highest BCUT2D eigenvalue weighted by Crippen LogP contribution is 2.38. The van der Waals surface area contributed by atoms with E-state index in [9.17, 15) is 14.3 Å². The predicted octanol–water partition coefficient (Wildman–Crippen LogP) is 4.87. The van der Waals surface area contributed by atoms with Gasteiger partial charge in [-0.15, -0.1) is 0 Å². The van der Waals surface area contributed by atoms with E-state index in [4.69, 9.17) is 4.74 Å². The molecule has 0 amide bonds. The van der Waals surface area contributed by atoms with Crippen molar-refractivity contribution in [3.63, 3.8) is 0 Å². The molecule has 0 spiro atoms. The van der Waals surface area contributed by atoms with Crippen LogP contribution in [0.15, 0.2) is 46.9 Å². The largest absolute Gasteiger partial charge is 0.494 e. The third-order valence-electron chi connectivity index (χ3n) is 4.90. The number of aliphatic carboxylic acids is 1. The minimum absolute atomic E-state index is 0.276. The maximum atomic E-state index is 14.0. The molecule has 1 saturated heterocycles. The summed E-state index contributed by atoms with van der Waals surface area (Å²) in [6.07, 6.45) is 1.46. The fourth-order valence-corrected chi connectivity index (χ4v) is 4.10. The van der Waals surface area contributed by atoms with Crippen molar-refractivity contribution >= 4 is 21.9 Å². The molecule has 2 aromatic rings. The molecule has 0 saturated carbocycles. The number of likely N-dealkylation sites (tertiary alicyclic amines) is 1. The van der Waals surface area contributed by atoms with Gasteiger partial charge in [0.05, 0.1) is 18.6 Å². The van der Waals surface area contributed by atoms with Gasteiger partial charge in [0.25, 0.3) is 0 Å². The average Bonchev–Trinajstić information content (AvgIpc) is 2.64. The quantitative estimate of drug-likeness (QED) is 0.702. The summed E-state index contributed by atoms with van der Waals surface area (Å²) >= 11 is 3.52. The number of carboxylic acids is 1. The molecule has 3 rings (SSSR count). The van der Waals surface area contributed by atoms with Gasteiger partial charge in [0.15, 0.2) is 0 Å². The van der Waals surface area contributed by atoms with E-state index in [-0.39, 0.29) is 11.9 Å². The number of piperidine rings is 1. The van der Waals surface area contributed by atoms with Gasteiger partial charge in [-0.3, -0.25) is 9.69 Å². The van der Waals surface area contributed by atoms with Crippen molar-refractivity contribution in [1.82, 2.24) is 4.90 Å². The van der Waals surface area contributed by atoms with E-state index in [0.29, 0.717) is 19.6 Å². The van der Waals surface area contributed by atoms with Gasteiger partial charge in [-0.05, 0) is 62.2 Å². The number of hydrogen-bond donors (Lipinski definition) is 1. The van der Waals surface area contributed by atoms with Crippen molar-refractivity contribution in [2.24, 2.45) is 5.92 Å². The fourth-order valence-electron chi connectivity index (χ4n) is 3.73. The van der Waals surface area contributed by atoms with E-state index in [1.165, 1.54) is 12.1 Å². The van der Waals surface area contributed by atoms with E-state index in [0.717, 1.165) is 34.3 Å². The molecule has 4 nitrogen and oxygen atoms in total. The van der Waals surface area contributed by atoms with Crippen LogP contribution in [-0.4, -0.2) is 35.7 Å². The molecule has 2 aromatic carbocycles. The lowest BCUT2D eigenvalue weighted by atomic mass is 9.91. The van der Waals surface area contributed by atoms with Crippen LogP contribution in [0.2, 0.25) is 0 Å². The third kappa shape index (κ3) is 4.68. The van der Waals surface area contributed by atoms with Crippen LogP contribution >= 0.6 is 15.9 Å². The van der Waals surface area contributed by atoms with E-state index < -0.39 is 11.9 Å². The van der Waals surface area contributed by atoms with Crippen molar-refractivity contribution in [3.05, 3.63) is 63.9 Å². The van der Waals surface area contributed by atoms with Crippen LogP contribution in [0.5, 0.6) is 5.75 Å². The Labute approximate surface area is 167 Å². The Kier molecular flexibility index (Phi) is 6.50. The number of rotatable bonds is 6. The molecule has 144 valence electrons. The van der Waals surface area contributed by atoms with Crippen LogP contribution in [-0.2, 0) is 4.79 Å². The topological polar surface area (TPSA) is 49.8 Å². The van der Waals surface area contributed by atoms with Crippen LogP contribution in [0.3, 0.4) is 0 Å². The molecule has 6 heteroatoms. The van der Waals surface area contributed by atoms with Gasteiger partial charge in [-0.25, -0.2) is 4.39 Å². The highest BCUT2D eigenvalue weighted by molar-refractivity contribution is 9.10. The molecular formula is C21H23BrFNO3. The molecule has 2 atom stereocenters. The minimum atomic E-state index is -0.781. The summed E-state index contributed by atoms with van der Waals surface area (Å²) in [4.78, 5) is 13.7. The second-order valence-corrected chi connectivity index (χ2v) is 7.66. The SMILES string of the molecule is CCOc1ccc(Br)cc1C(c1cccc(F)c1)N1CCCC(C(=O)O)C1. The Balaban J connectivity index is 2.08. The molecular weight excluding hydrogens is 413 g/mol. The summed E-state index contributed by atoms with van der Waals surface area (Å²) in [5.41, 5.74) is 1.70. The van der Waals surface area contributed by atoms with Gasteiger partial charge in [0, 0.05) is 16.6 Å². The molecule has 1 aliphatic rings. The molecule has 1 N–H and O–H groups in total. The zero-order chi connectivity index (χ0) is 19.4. The van der Waals surface area contributed by atoms with E-state index in [1.54, 1.807) is 6.07 Å². The second-order valence-electron chi connectivity index (χ2n) is 6.75. The number of ether oxygens (including phenoxy) is 1. The van der Waals surface area contributed by atoms with Crippen molar-refractivity contribution in [2.45, 2.75) is 25.8 Å². The number of carbonyl (C=O) groups is 1. The Bertz CT molecular complexity index is 814. The van der Waals surface area contributed by atoms with Gasteiger partial charge in [-0.1, -0.05) is 28.1 Å². The third-order valence-corrected chi connectivity index (χ3v) is 5.39. The normalized spacial score (nSPS) is 18.9. The van der Waals surface area contributed by atoms with Gasteiger partial charge >= 0.3 is 5.97 Å². The van der Waals surface area contributed by atoms with E-state index >= 15 is 0 Å². The van der Waals surface area contributed by atoms with Gasteiger partial charge in [0.1, 0.15) is 11.6 Å². The summed E-state index contributed by atoms with van der Waals surface area (Å²) in [6, 6.07) is 12.0. The first-order valence-electron chi connectivity index (χ1n) is 9.14. The molecule has 1 fully saturated rings. The second kappa shape index (κ2) is 8.85. The van der Waals surface area contributed by atoms with Gasteiger partial charge in [0.2, 0.25) is 0 Å². The molecule has 0 radical (unpaired) electrons. The lowest BCUT2D eigenvalue weighted by Gasteiger charge is -2.38. The van der Waals surface area contributed by atoms with Gasteiger partial charge in [-0.2, -0.15) is 0 Å². The molecule has 1 heterocycles. The number of hydrogen-bond acceptors (Lipinski definition) is 3. The minimum Gasteiger partial charge on any atom is -0.494 e. The Morgan fingerprint density at radius 3 is 2.89 bits per heavy atom. The van der Waals surface area contributed by atoms with E-state index in [1.807, 2.05) is 31.2 Å². The van der Waals surface area contributed by atoms with Crippen LogP contribution in [0, 0.1) is 11.7 Å². The molecule has 1 aliphatic heterocycles. The molecule has 0 bridgehead atoms. The standard InChI is InChI=1S/C21H23BrFNO3/c1-2-27-19-9-8-16(22)12-18(19)20(14-5-3-7-17(23)11-14)24-10-4-6-15(13-24)21(25)26/h3,5,7-9,11-12,15,20H,2,4,6,10,13H2,1H3,(H,25,26). The number of nitrogens with zero attached hydrogens (tertiary/aromatic N) is 1. The highest BCUT2D eigenvalue weighted by atomic mass is 79.9. The summed E-state index contributed by atoms with van der Waals surface area (Å²) in [6.45, 7) is 3.62. The Morgan fingerprint density at radius 1 is 1.37 bits per heavy atom. The van der Waals surface area contributed by atoms with Crippen molar-refractivity contribution in [2.75, 3.05) is 19.7 Å². The maximum absolute atomic E-state index is 14.0. The monoisotopic (exact) mass is 435 g/mol. The molecule has 0 aliphatic carbocycles. The first kappa shape index (κ1) is 19.8. The lowest BCUT2D eigenvalue weighted by Crippen LogP contribution is -2.41. The summed E-state index contributed by atoms with van der Waals surface area (Å²) in [5, 5.41) is 9.49. The smallest absolute Gasteiger partial charge is 0.307 e. The first-order chi connectivity index (χ1) is 13.0. The number of benzene rings is 2. The lowest BCUT2D eigenvalue weighted by molar-refractivity contribution is -0.143. The van der Waals surface area contributed by atoms with Crippen molar-refractivity contribution in [1.29, 1.82) is 0 Å². The van der Waals surface area contributed by atoms with Crippen LogP contribution < -0.4 is 4.74 Å². The summed E-state index contributed by atoms with van der Waals surface area (Å²) in [5.74, 6) is -0.779. The van der Waals surface area contributed by atoms with E-state index in [2.05, 4.69) is 20.8 Å². The highest BCUT2D eigenvalue weighted by Gasteiger charge is 2.33. The van der Waals surface area contributed by atoms with Crippen molar-refractivity contribution < 1.29 is 19.0 Å². The Hall–Kier alpha value is -1.92.